The summed E-state index contributed by atoms with van der Waals surface area (Å²) in [6.07, 6.45) is 1.63. The van der Waals surface area contributed by atoms with Gasteiger partial charge in [0.2, 0.25) is 5.78 Å². The van der Waals surface area contributed by atoms with E-state index in [0.29, 0.717) is 12.4 Å². The quantitative estimate of drug-likeness (QED) is 0.156. The van der Waals surface area contributed by atoms with E-state index in [9.17, 15) is 18.4 Å². The van der Waals surface area contributed by atoms with Crippen molar-refractivity contribution in [3.05, 3.63) is 44.7 Å². The van der Waals surface area contributed by atoms with Crippen LogP contribution < -0.4 is 0 Å². The summed E-state index contributed by atoms with van der Waals surface area (Å²) in [6.45, 7) is 0. The molecule has 0 fully saturated rings. The number of ketones is 1. The Balaban J connectivity index is 3.26. The van der Waals surface area contributed by atoms with Crippen LogP contribution in [0.3, 0.4) is 0 Å². The van der Waals surface area contributed by atoms with Gasteiger partial charge in [-0.25, -0.2) is 8.78 Å². The maximum absolute atomic E-state index is 13.5. The highest BCUT2D eigenvalue weighted by Gasteiger charge is 2.18. The lowest BCUT2D eigenvalue weighted by Crippen LogP contribution is -2.12. The summed E-state index contributed by atoms with van der Waals surface area (Å²) in [7, 11) is 3.25. The van der Waals surface area contributed by atoms with E-state index in [-0.39, 0.29) is 14.7 Å². The molecule has 0 aromatic heterocycles. The second-order valence-electron chi connectivity index (χ2n) is 3.74. The Hall–Kier alpha value is -1.31. The molecule has 0 unspecified atom stereocenters. The van der Waals surface area contributed by atoms with Crippen LogP contribution in [0.15, 0.2) is 23.9 Å². The summed E-state index contributed by atoms with van der Waals surface area (Å²) in [5.41, 5.74) is -0.512. The van der Waals surface area contributed by atoms with Gasteiger partial charge in [-0.05, 0) is 28.7 Å². The van der Waals surface area contributed by atoms with Crippen LogP contribution in [0.2, 0.25) is 0 Å². The molecule has 0 saturated heterocycles. The fraction of sp³-hybridized carbons (Fsp3) is 0.167. The van der Waals surface area contributed by atoms with Crippen molar-refractivity contribution in [1.29, 1.82) is 0 Å². The predicted octanol–water partition coefficient (Wildman–Crippen LogP) is 2.40. The first-order valence-corrected chi connectivity index (χ1v) is 5.97. The third-order valence-electron chi connectivity index (χ3n) is 2.04. The van der Waals surface area contributed by atoms with E-state index >= 15 is 0 Å². The van der Waals surface area contributed by atoms with Crippen molar-refractivity contribution >= 4 is 34.7 Å². The Bertz CT molecular complexity index is 527. The Labute approximate surface area is 117 Å². The van der Waals surface area contributed by atoms with Crippen molar-refractivity contribution in [2.24, 2.45) is 0 Å². The summed E-state index contributed by atoms with van der Waals surface area (Å²) in [6, 6.07) is 1.72. The highest BCUT2D eigenvalue weighted by molar-refractivity contribution is 14.1. The zero-order chi connectivity index (χ0) is 13.9. The molecule has 0 aliphatic heterocycles. The molecule has 0 aliphatic carbocycles. The number of benzene rings is 1. The van der Waals surface area contributed by atoms with Gasteiger partial charge in [-0.1, -0.05) is 0 Å². The van der Waals surface area contributed by atoms with Crippen LogP contribution in [0.4, 0.5) is 8.78 Å². The number of rotatable bonds is 4. The fourth-order valence-electron chi connectivity index (χ4n) is 1.27. The number of carbonyl (C=O) groups is 2. The van der Waals surface area contributed by atoms with Crippen molar-refractivity contribution in [2.45, 2.75) is 0 Å². The van der Waals surface area contributed by atoms with Crippen molar-refractivity contribution < 1.29 is 18.4 Å². The molecule has 0 amide bonds. The molecule has 0 N–H and O–H groups in total. The van der Waals surface area contributed by atoms with E-state index in [1.165, 1.54) is 11.1 Å². The minimum absolute atomic E-state index is 0.118. The van der Waals surface area contributed by atoms with Gasteiger partial charge < -0.3 is 4.90 Å². The van der Waals surface area contributed by atoms with E-state index in [1.807, 2.05) is 0 Å². The van der Waals surface area contributed by atoms with Gasteiger partial charge in [-0.2, -0.15) is 0 Å². The standard InChI is InChI=1S/C12H10F2INO2/c1-16(2)5-7(6-17)12(18)8-3-11(15)10(14)4-9(8)13/h3-6H,1-2H3. The molecule has 0 radical (unpaired) electrons. The first-order chi connectivity index (χ1) is 8.36. The van der Waals surface area contributed by atoms with Crippen molar-refractivity contribution in [1.82, 2.24) is 4.90 Å². The summed E-state index contributed by atoms with van der Waals surface area (Å²) in [4.78, 5) is 24.2. The maximum Gasteiger partial charge on any atom is 0.200 e. The van der Waals surface area contributed by atoms with Crippen LogP contribution >= 0.6 is 22.6 Å². The molecule has 6 heteroatoms. The number of carbonyl (C=O) groups excluding carboxylic acids is 2. The molecular weight excluding hydrogens is 355 g/mol. The van der Waals surface area contributed by atoms with E-state index in [0.717, 1.165) is 6.07 Å². The van der Waals surface area contributed by atoms with Crippen LogP contribution in [-0.4, -0.2) is 31.1 Å². The zero-order valence-electron chi connectivity index (χ0n) is 9.71. The molecule has 96 valence electrons. The van der Waals surface area contributed by atoms with Crippen LogP contribution in [0.25, 0.3) is 0 Å². The molecule has 0 aliphatic rings. The Morgan fingerprint density at radius 1 is 1.28 bits per heavy atom. The number of halogens is 3. The Morgan fingerprint density at radius 2 is 1.89 bits per heavy atom. The Morgan fingerprint density at radius 3 is 2.39 bits per heavy atom. The number of Topliss-reactive ketones (excluding diaryl/α,β-unsaturated/α-hetero) is 1. The number of aldehydes is 1. The molecule has 0 bridgehead atoms. The normalized spacial score (nSPS) is 11.3. The molecule has 3 nitrogen and oxygen atoms in total. The molecule has 0 spiro atoms. The van der Waals surface area contributed by atoms with Gasteiger partial charge >= 0.3 is 0 Å². The molecule has 18 heavy (non-hydrogen) atoms. The van der Waals surface area contributed by atoms with Gasteiger partial charge in [0.15, 0.2) is 6.29 Å². The third-order valence-corrected chi connectivity index (χ3v) is 2.87. The monoisotopic (exact) mass is 365 g/mol. The van der Waals surface area contributed by atoms with Gasteiger partial charge in [0.25, 0.3) is 0 Å². The van der Waals surface area contributed by atoms with Gasteiger partial charge in [0.1, 0.15) is 11.6 Å². The van der Waals surface area contributed by atoms with Gasteiger partial charge in [0, 0.05) is 29.9 Å². The minimum atomic E-state index is -0.982. The van der Waals surface area contributed by atoms with E-state index in [2.05, 4.69) is 0 Å². The summed E-state index contributed by atoms with van der Waals surface area (Å²) < 4.78 is 26.7. The Kier molecular flexibility index (Phi) is 4.94. The third kappa shape index (κ3) is 3.34. The number of hydrogen-bond donors (Lipinski definition) is 0. The molecule has 1 aromatic rings. The number of nitrogens with zero attached hydrogens (tertiary/aromatic N) is 1. The molecule has 1 aromatic carbocycles. The van der Waals surface area contributed by atoms with Crippen molar-refractivity contribution in [3.8, 4) is 0 Å². The summed E-state index contributed by atoms with van der Waals surface area (Å²) >= 11 is 1.65. The fourth-order valence-corrected chi connectivity index (χ4v) is 1.74. The van der Waals surface area contributed by atoms with E-state index < -0.39 is 17.4 Å². The van der Waals surface area contributed by atoms with Crippen LogP contribution in [0.1, 0.15) is 10.4 Å². The molecule has 1 rings (SSSR count). The first-order valence-electron chi connectivity index (χ1n) is 4.89. The largest absolute Gasteiger partial charge is 0.383 e. The average Bonchev–Trinajstić information content (AvgIpc) is 2.29. The number of hydrogen-bond acceptors (Lipinski definition) is 3. The first kappa shape index (κ1) is 14.7. The predicted molar refractivity (Wildman–Crippen MR) is 71.2 cm³/mol. The average molecular weight is 365 g/mol. The number of allylic oxidation sites excluding steroid dienone is 1. The maximum atomic E-state index is 13.5. The SMILES string of the molecule is CN(C)C=C(C=O)C(=O)c1cc(I)c(F)cc1F. The second-order valence-corrected chi connectivity index (χ2v) is 4.90. The zero-order valence-corrected chi connectivity index (χ0v) is 11.9. The second kappa shape index (κ2) is 6.03. The van der Waals surface area contributed by atoms with Gasteiger partial charge in [0.05, 0.1) is 11.1 Å². The van der Waals surface area contributed by atoms with E-state index in [1.54, 1.807) is 36.7 Å². The van der Waals surface area contributed by atoms with Crippen LogP contribution in [0, 0.1) is 15.2 Å². The molecular formula is C12H10F2INO2. The lowest BCUT2D eigenvalue weighted by Gasteiger charge is -2.08. The van der Waals surface area contributed by atoms with Crippen molar-refractivity contribution in [2.75, 3.05) is 14.1 Å². The summed E-state index contributed by atoms with van der Waals surface area (Å²) in [5.74, 6) is -2.49. The molecule has 0 atom stereocenters. The van der Waals surface area contributed by atoms with Gasteiger partial charge in [-0.15, -0.1) is 0 Å². The van der Waals surface area contributed by atoms with Crippen LogP contribution in [-0.2, 0) is 4.79 Å². The topological polar surface area (TPSA) is 37.4 Å². The minimum Gasteiger partial charge on any atom is -0.383 e. The summed E-state index contributed by atoms with van der Waals surface area (Å²) in [5, 5.41) is 0. The smallest absolute Gasteiger partial charge is 0.200 e. The lowest BCUT2D eigenvalue weighted by atomic mass is 10.0. The van der Waals surface area contributed by atoms with E-state index in [4.69, 9.17) is 0 Å². The van der Waals surface area contributed by atoms with Gasteiger partial charge in [-0.3, -0.25) is 9.59 Å². The van der Waals surface area contributed by atoms with Crippen LogP contribution in [0.5, 0.6) is 0 Å². The highest BCUT2D eigenvalue weighted by Crippen LogP contribution is 2.19. The van der Waals surface area contributed by atoms with Crippen molar-refractivity contribution in [3.63, 3.8) is 0 Å². The lowest BCUT2D eigenvalue weighted by molar-refractivity contribution is -0.104. The highest BCUT2D eigenvalue weighted by atomic mass is 127. The molecule has 0 heterocycles. The molecule has 0 saturated carbocycles.